The Hall–Kier alpha value is -1.66. The molecule has 0 aromatic heterocycles. The first-order valence-corrected chi connectivity index (χ1v) is 8.58. The average molecular weight is 336 g/mol. The molecular formula is C18H25FN2O3. The van der Waals surface area contributed by atoms with E-state index in [4.69, 9.17) is 9.47 Å². The van der Waals surface area contributed by atoms with Crippen molar-refractivity contribution >= 4 is 5.91 Å². The van der Waals surface area contributed by atoms with Gasteiger partial charge in [0.15, 0.2) is 6.61 Å². The van der Waals surface area contributed by atoms with Crippen LogP contribution in [0.3, 0.4) is 0 Å². The van der Waals surface area contributed by atoms with Crippen LogP contribution in [0.5, 0.6) is 5.75 Å². The first kappa shape index (κ1) is 17.2. The van der Waals surface area contributed by atoms with E-state index in [1.54, 1.807) is 19.2 Å². The summed E-state index contributed by atoms with van der Waals surface area (Å²) < 4.78 is 24.1. The van der Waals surface area contributed by atoms with E-state index in [1.165, 1.54) is 25.0 Å². The molecule has 0 radical (unpaired) electrons. The molecule has 3 rings (SSSR count). The summed E-state index contributed by atoms with van der Waals surface area (Å²) in [6, 6.07) is 6.03. The van der Waals surface area contributed by atoms with Gasteiger partial charge in [-0.2, -0.15) is 0 Å². The third-order valence-corrected chi connectivity index (χ3v) is 4.86. The zero-order valence-electron chi connectivity index (χ0n) is 14.1. The number of carbonyl (C=O) groups excluding carboxylic acids is 1. The summed E-state index contributed by atoms with van der Waals surface area (Å²) in [5.41, 5.74) is 0. The molecule has 2 aliphatic rings. The van der Waals surface area contributed by atoms with Gasteiger partial charge in [-0.3, -0.25) is 4.79 Å². The number of halogens is 1. The Bertz CT molecular complexity index is 563. The predicted octanol–water partition coefficient (Wildman–Crippen LogP) is 1.92. The second kappa shape index (κ2) is 7.94. The first-order chi connectivity index (χ1) is 11.7. The Morgan fingerprint density at radius 1 is 1.33 bits per heavy atom. The number of nitrogens with zero attached hydrogens (tertiary/aromatic N) is 2. The fraction of sp³-hybridized carbons (Fsp3) is 0.611. The summed E-state index contributed by atoms with van der Waals surface area (Å²) in [4.78, 5) is 16.9. The summed E-state index contributed by atoms with van der Waals surface area (Å²) in [7, 11) is 1.69. The van der Waals surface area contributed by atoms with Crippen LogP contribution in [0.1, 0.15) is 19.3 Å². The second-order valence-corrected chi connectivity index (χ2v) is 6.55. The van der Waals surface area contributed by atoms with Crippen molar-refractivity contribution in [1.29, 1.82) is 0 Å². The largest absolute Gasteiger partial charge is 0.484 e. The molecule has 2 saturated heterocycles. The van der Waals surface area contributed by atoms with Gasteiger partial charge in [0.2, 0.25) is 0 Å². The molecule has 6 heteroatoms. The number of likely N-dealkylation sites (tertiary alicyclic amines) is 2. The van der Waals surface area contributed by atoms with Crippen LogP contribution in [-0.2, 0) is 9.53 Å². The molecule has 2 aliphatic heterocycles. The van der Waals surface area contributed by atoms with Gasteiger partial charge in [0.1, 0.15) is 11.6 Å². The van der Waals surface area contributed by atoms with E-state index in [1.807, 2.05) is 4.90 Å². The lowest BCUT2D eigenvalue weighted by atomic mass is 10.2. The molecule has 2 fully saturated rings. The van der Waals surface area contributed by atoms with E-state index in [9.17, 15) is 9.18 Å². The van der Waals surface area contributed by atoms with E-state index >= 15 is 0 Å². The van der Waals surface area contributed by atoms with Crippen LogP contribution in [0.25, 0.3) is 0 Å². The number of hydrogen-bond acceptors (Lipinski definition) is 4. The molecule has 2 heterocycles. The summed E-state index contributed by atoms with van der Waals surface area (Å²) in [5, 5.41) is 0. The van der Waals surface area contributed by atoms with Crippen molar-refractivity contribution in [2.75, 3.05) is 39.9 Å². The average Bonchev–Trinajstić information content (AvgIpc) is 3.23. The number of amides is 1. The van der Waals surface area contributed by atoms with Gasteiger partial charge in [-0.25, -0.2) is 4.39 Å². The van der Waals surface area contributed by atoms with E-state index < -0.39 is 0 Å². The van der Waals surface area contributed by atoms with Crippen LogP contribution in [-0.4, -0.2) is 67.7 Å². The molecule has 24 heavy (non-hydrogen) atoms. The topological polar surface area (TPSA) is 42.0 Å². The zero-order valence-corrected chi connectivity index (χ0v) is 14.1. The van der Waals surface area contributed by atoms with Crippen molar-refractivity contribution in [2.24, 2.45) is 0 Å². The Balaban J connectivity index is 1.57. The van der Waals surface area contributed by atoms with Crippen LogP contribution >= 0.6 is 0 Å². The summed E-state index contributed by atoms with van der Waals surface area (Å²) in [5.74, 6) is -0.0579. The highest BCUT2D eigenvalue weighted by molar-refractivity contribution is 5.78. The van der Waals surface area contributed by atoms with Crippen LogP contribution in [0.2, 0.25) is 0 Å². The van der Waals surface area contributed by atoms with Crippen molar-refractivity contribution in [3.05, 3.63) is 30.1 Å². The highest BCUT2D eigenvalue weighted by atomic mass is 19.1. The van der Waals surface area contributed by atoms with Gasteiger partial charge in [0.25, 0.3) is 5.91 Å². The standard InChI is InChI=1S/C18H25FN2O3/c1-23-17-10-15(11-20-7-2-3-8-20)21(12-17)18(22)13-24-16-6-4-5-14(19)9-16/h4-6,9,15,17H,2-3,7-8,10-13H2,1H3/t15-,17-/m0/s1. The van der Waals surface area contributed by atoms with Crippen LogP contribution in [0.15, 0.2) is 24.3 Å². The molecule has 0 bridgehead atoms. The van der Waals surface area contributed by atoms with Gasteiger partial charge in [0, 0.05) is 32.3 Å². The molecule has 0 aliphatic carbocycles. The normalized spacial score (nSPS) is 24.5. The van der Waals surface area contributed by atoms with Gasteiger partial charge >= 0.3 is 0 Å². The predicted molar refractivity (Wildman–Crippen MR) is 88.5 cm³/mol. The molecule has 2 atom stereocenters. The molecular weight excluding hydrogens is 311 g/mol. The van der Waals surface area contributed by atoms with E-state index in [-0.39, 0.29) is 30.5 Å². The van der Waals surface area contributed by atoms with Crippen LogP contribution < -0.4 is 4.74 Å². The zero-order chi connectivity index (χ0) is 16.9. The minimum absolute atomic E-state index is 0.0667. The maximum atomic E-state index is 13.2. The summed E-state index contributed by atoms with van der Waals surface area (Å²) in [6.07, 6.45) is 3.41. The highest BCUT2D eigenvalue weighted by Crippen LogP contribution is 2.23. The lowest BCUT2D eigenvalue weighted by molar-refractivity contribution is -0.134. The van der Waals surface area contributed by atoms with Crippen molar-refractivity contribution in [3.8, 4) is 5.75 Å². The van der Waals surface area contributed by atoms with Crippen molar-refractivity contribution in [1.82, 2.24) is 9.80 Å². The van der Waals surface area contributed by atoms with Crippen molar-refractivity contribution in [3.63, 3.8) is 0 Å². The van der Waals surface area contributed by atoms with E-state index in [0.717, 1.165) is 26.1 Å². The molecule has 1 aromatic carbocycles. The maximum absolute atomic E-state index is 13.2. The number of rotatable bonds is 6. The molecule has 0 N–H and O–H groups in total. The monoisotopic (exact) mass is 336 g/mol. The highest BCUT2D eigenvalue weighted by Gasteiger charge is 2.36. The van der Waals surface area contributed by atoms with Crippen LogP contribution in [0.4, 0.5) is 4.39 Å². The van der Waals surface area contributed by atoms with Crippen molar-refractivity contribution in [2.45, 2.75) is 31.4 Å². The fourth-order valence-electron chi connectivity index (χ4n) is 3.57. The van der Waals surface area contributed by atoms with Crippen LogP contribution in [0, 0.1) is 5.82 Å². The Morgan fingerprint density at radius 3 is 2.83 bits per heavy atom. The Kier molecular flexibility index (Phi) is 5.68. The molecule has 132 valence electrons. The molecule has 1 amide bonds. The minimum Gasteiger partial charge on any atom is -0.484 e. The summed E-state index contributed by atoms with van der Waals surface area (Å²) >= 11 is 0. The Morgan fingerprint density at radius 2 is 2.12 bits per heavy atom. The molecule has 5 nitrogen and oxygen atoms in total. The number of benzene rings is 1. The molecule has 0 saturated carbocycles. The second-order valence-electron chi connectivity index (χ2n) is 6.55. The Labute approximate surface area is 142 Å². The third-order valence-electron chi connectivity index (χ3n) is 4.86. The number of carbonyl (C=O) groups is 1. The lowest BCUT2D eigenvalue weighted by Gasteiger charge is -2.28. The van der Waals surface area contributed by atoms with Gasteiger partial charge < -0.3 is 19.3 Å². The third kappa shape index (κ3) is 4.24. The first-order valence-electron chi connectivity index (χ1n) is 8.58. The number of methoxy groups -OCH3 is 1. The maximum Gasteiger partial charge on any atom is 0.260 e. The van der Waals surface area contributed by atoms with Gasteiger partial charge in [-0.15, -0.1) is 0 Å². The number of ether oxygens (including phenoxy) is 2. The SMILES string of the molecule is CO[C@H]1C[C@@H](CN2CCCC2)N(C(=O)COc2cccc(F)c2)C1. The quantitative estimate of drug-likeness (QED) is 0.796. The van der Waals surface area contributed by atoms with Gasteiger partial charge in [0.05, 0.1) is 6.10 Å². The van der Waals surface area contributed by atoms with Gasteiger partial charge in [-0.1, -0.05) is 6.07 Å². The fourth-order valence-corrected chi connectivity index (χ4v) is 3.57. The molecule has 0 unspecified atom stereocenters. The van der Waals surface area contributed by atoms with E-state index in [0.29, 0.717) is 12.3 Å². The van der Waals surface area contributed by atoms with Gasteiger partial charge in [-0.05, 0) is 44.5 Å². The van der Waals surface area contributed by atoms with E-state index in [2.05, 4.69) is 4.90 Å². The summed E-state index contributed by atoms with van der Waals surface area (Å²) in [6.45, 7) is 3.63. The smallest absolute Gasteiger partial charge is 0.260 e. The lowest BCUT2D eigenvalue weighted by Crippen LogP contribution is -2.44. The molecule has 0 spiro atoms. The van der Waals surface area contributed by atoms with Crippen molar-refractivity contribution < 1.29 is 18.7 Å². The molecule has 1 aromatic rings. The number of hydrogen-bond donors (Lipinski definition) is 0. The minimum atomic E-state index is -0.368.